The summed E-state index contributed by atoms with van der Waals surface area (Å²) in [5, 5.41) is 0. The number of methoxy groups -OCH3 is 1. The number of fused-ring (bicyclic) bond motifs is 3. The Morgan fingerprint density at radius 3 is 2.25 bits per heavy atom. The summed E-state index contributed by atoms with van der Waals surface area (Å²) in [6.45, 7) is 5.37. The summed E-state index contributed by atoms with van der Waals surface area (Å²) < 4.78 is 16.2. The van der Waals surface area contributed by atoms with Crippen molar-refractivity contribution < 1.29 is 28.6 Å². The minimum Gasteiger partial charge on any atom is -0.465 e. The van der Waals surface area contributed by atoms with Crippen molar-refractivity contribution in [2.24, 2.45) is 5.41 Å². The van der Waals surface area contributed by atoms with Crippen LogP contribution in [0.3, 0.4) is 0 Å². The Bertz CT molecular complexity index is 792. The third-order valence-corrected chi connectivity index (χ3v) is 5.86. The summed E-state index contributed by atoms with van der Waals surface area (Å²) in [7, 11) is 1.66. The van der Waals surface area contributed by atoms with Crippen LogP contribution in [0.15, 0.2) is 6.07 Å². The zero-order valence-electron chi connectivity index (χ0n) is 17.1. The summed E-state index contributed by atoms with van der Waals surface area (Å²) in [5.41, 5.74) is 3.02. The molecule has 2 aliphatic rings. The van der Waals surface area contributed by atoms with Crippen molar-refractivity contribution in [2.45, 2.75) is 59.0 Å². The van der Waals surface area contributed by atoms with Crippen LogP contribution in [0.1, 0.15) is 72.3 Å². The van der Waals surface area contributed by atoms with E-state index in [1.54, 1.807) is 27.9 Å². The summed E-state index contributed by atoms with van der Waals surface area (Å²) in [5.74, 6) is -1.14. The van der Waals surface area contributed by atoms with Crippen LogP contribution in [-0.4, -0.2) is 38.0 Å². The van der Waals surface area contributed by atoms with Crippen molar-refractivity contribution in [1.82, 2.24) is 0 Å². The number of hydrogen-bond donors (Lipinski definition) is 0. The van der Waals surface area contributed by atoms with Crippen molar-refractivity contribution in [3.05, 3.63) is 33.9 Å². The molecule has 0 fully saturated rings. The Kier molecular flexibility index (Phi) is 5.89. The summed E-state index contributed by atoms with van der Waals surface area (Å²) in [6, 6.07) is 1.86. The molecule has 0 aromatic heterocycles. The first-order valence-electron chi connectivity index (χ1n) is 9.95. The quantitative estimate of drug-likeness (QED) is 0.423. The Morgan fingerprint density at radius 1 is 1.07 bits per heavy atom. The van der Waals surface area contributed by atoms with E-state index < -0.39 is 17.4 Å². The van der Waals surface area contributed by atoms with Gasteiger partial charge in [-0.1, -0.05) is 0 Å². The maximum absolute atomic E-state index is 12.9. The van der Waals surface area contributed by atoms with E-state index in [1.807, 2.05) is 6.07 Å². The molecule has 0 amide bonds. The third kappa shape index (κ3) is 3.24. The molecular formula is C22H28O6. The molecule has 0 radical (unpaired) electrons. The van der Waals surface area contributed by atoms with E-state index in [-0.39, 0.29) is 37.9 Å². The van der Waals surface area contributed by atoms with Gasteiger partial charge in [-0.25, -0.2) is 0 Å². The molecule has 0 heterocycles. The Balaban J connectivity index is 2.17. The molecule has 28 heavy (non-hydrogen) atoms. The number of carbonyl (C=O) groups is 3. The molecule has 1 atom stereocenters. The minimum atomic E-state index is -1.40. The highest BCUT2D eigenvalue weighted by Gasteiger charge is 2.54. The molecule has 0 saturated heterocycles. The van der Waals surface area contributed by atoms with Crippen molar-refractivity contribution in [3.8, 4) is 0 Å². The van der Waals surface area contributed by atoms with E-state index in [4.69, 9.17) is 14.2 Å². The van der Waals surface area contributed by atoms with Crippen molar-refractivity contribution in [3.63, 3.8) is 0 Å². The van der Waals surface area contributed by atoms with Crippen LogP contribution in [0.2, 0.25) is 0 Å². The van der Waals surface area contributed by atoms with E-state index in [2.05, 4.69) is 0 Å². The van der Waals surface area contributed by atoms with Crippen molar-refractivity contribution in [1.29, 1.82) is 0 Å². The fourth-order valence-corrected chi connectivity index (χ4v) is 4.63. The first kappa shape index (κ1) is 20.5. The van der Waals surface area contributed by atoms with Gasteiger partial charge in [-0.2, -0.15) is 0 Å². The Labute approximate surface area is 165 Å². The highest BCUT2D eigenvalue weighted by molar-refractivity contribution is 6.02. The average Bonchev–Trinajstić information content (AvgIpc) is 3.08. The SMILES string of the molecule is CCOC(=O)C1(C(=O)OCC)Cc2cc(C(C)=O)c3c(c2C1)C(OC)CCC3. The van der Waals surface area contributed by atoms with E-state index >= 15 is 0 Å². The molecule has 6 nitrogen and oxygen atoms in total. The fraction of sp³-hybridized carbons (Fsp3) is 0.591. The molecule has 2 aliphatic carbocycles. The third-order valence-electron chi connectivity index (χ3n) is 5.86. The van der Waals surface area contributed by atoms with Crippen molar-refractivity contribution in [2.75, 3.05) is 20.3 Å². The number of ether oxygens (including phenoxy) is 3. The monoisotopic (exact) mass is 388 g/mol. The van der Waals surface area contributed by atoms with E-state index in [9.17, 15) is 14.4 Å². The van der Waals surface area contributed by atoms with Crippen LogP contribution in [0.4, 0.5) is 0 Å². The first-order valence-corrected chi connectivity index (χ1v) is 9.95. The molecule has 1 aromatic carbocycles. The predicted molar refractivity (Wildman–Crippen MR) is 102 cm³/mol. The molecular weight excluding hydrogens is 360 g/mol. The first-order chi connectivity index (χ1) is 13.4. The maximum atomic E-state index is 12.9. The lowest BCUT2D eigenvalue weighted by atomic mass is 9.80. The van der Waals surface area contributed by atoms with Gasteiger partial charge in [-0.05, 0) is 74.8 Å². The topological polar surface area (TPSA) is 78.9 Å². The number of hydrogen-bond acceptors (Lipinski definition) is 6. The maximum Gasteiger partial charge on any atom is 0.324 e. The lowest BCUT2D eigenvalue weighted by Gasteiger charge is -2.29. The second-order valence-electron chi connectivity index (χ2n) is 7.50. The van der Waals surface area contributed by atoms with Crippen LogP contribution >= 0.6 is 0 Å². The summed E-state index contributed by atoms with van der Waals surface area (Å²) in [6.07, 6.45) is 2.85. The highest BCUT2D eigenvalue weighted by atomic mass is 16.6. The lowest BCUT2D eigenvalue weighted by Crippen LogP contribution is -2.43. The molecule has 152 valence electrons. The van der Waals surface area contributed by atoms with Crippen LogP contribution in [0.25, 0.3) is 0 Å². The smallest absolute Gasteiger partial charge is 0.324 e. The second kappa shape index (κ2) is 8.03. The predicted octanol–water partition coefficient (Wildman–Crippen LogP) is 3.12. The number of rotatable bonds is 6. The zero-order valence-corrected chi connectivity index (χ0v) is 17.1. The van der Waals surface area contributed by atoms with Crippen molar-refractivity contribution >= 4 is 17.7 Å². The highest BCUT2D eigenvalue weighted by Crippen LogP contribution is 2.47. The van der Waals surface area contributed by atoms with Crippen LogP contribution in [0, 0.1) is 5.41 Å². The molecule has 1 aromatic rings. The molecule has 1 unspecified atom stereocenters. The molecule has 0 aliphatic heterocycles. The van der Waals surface area contributed by atoms with Gasteiger partial charge in [0.2, 0.25) is 0 Å². The normalized spacial score (nSPS) is 19.5. The van der Waals surface area contributed by atoms with Gasteiger partial charge >= 0.3 is 11.9 Å². The van der Waals surface area contributed by atoms with Crippen LogP contribution in [-0.2, 0) is 43.1 Å². The lowest BCUT2D eigenvalue weighted by molar-refractivity contribution is -0.171. The minimum absolute atomic E-state index is 0.0134. The van der Waals surface area contributed by atoms with E-state index in [0.29, 0.717) is 5.56 Å². The number of benzene rings is 1. The number of Topliss-reactive ketones (excluding diaryl/α,β-unsaturated/α-hetero) is 1. The van der Waals surface area contributed by atoms with Gasteiger partial charge < -0.3 is 14.2 Å². The standard InChI is InChI=1S/C22H28O6/c1-5-27-20(24)22(21(25)28-6-2)11-14-10-16(13(3)23)15-8-7-9-18(26-4)19(15)17(14)12-22/h10,18H,5-9,11-12H2,1-4H3. The van der Waals surface area contributed by atoms with Crippen LogP contribution < -0.4 is 0 Å². The number of carbonyl (C=O) groups excluding carboxylic acids is 3. The fourth-order valence-electron chi connectivity index (χ4n) is 4.63. The Morgan fingerprint density at radius 2 is 1.71 bits per heavy atom. The van der Waals surface area contributed by atoms with Gasteiger partial charge in [0.1, 0.15) is 0 Å². The second-order valence-corrected chi connectivity index (χ2v) is 7.50. The zero-order chi connectivity index (χ0) is 20.5. The van der Waals surface area contributed by atoms with Gasteiger partial charge in [0, 0.05) is 19.1 Å². The molecule has 0 spiro atoms. The molecule has 0 saturated carbocycles. The summed E-state index contributed by atoms with van der Waals surface area (Å²) in [4.78, 5) is 38.1. The summed E-state index contributed by atoms with van der Waals surface area (Å²) >= 11 is 0. The van der Waals surface area contributed by atoms with E-state index in [1.165, 1.54) is 0 Å². The van der Waals surface area contributed by atoms with Crippen LogP contribution in [0.5, 0.6) is 0 Å². The number of ketones is 1. The molecule has 0 bridgehead atoms. The van der Waals surface area contributed by atoms with Gasteiger partial charge in [-0.3, -0.25) is 14.4 Å². The largest absolute Gasteiger partial charge is 0.465 e. The van der Waals surface area contributed by atoms with Gasteiger partial charge in [0.15, 0.2) is 11.2 Å². The average molecular weight is 388 g/mol. The molecule has 3 rings (SSSR count). The van der Waals surface area contributed by atoms with Gasteiger partial charge in [0.05, 0.1) is 19.3 Å². The Hall–Kier alpha value is -2.21. The molecule has 6 heteroatoms. The number of esters is 2. The van der Waals surface area contributed by atoms with Gasteiger partial charge in [0.25, 0.3) is 0 Å². The van der Waals surface area contributed by atoms with E-state index in [0.717, 1.165) is 41.5 Å². The van der Waals surface area contributed by atoms with Gasteiger partial charge in [-0.15, -0.1) is 0 Å². The molecule has 0 N–H and O–H groups in total.